The first kappa shape index (κ1) is 13.9. The number of carboxylic acids is 1. The zero-order valence-corrected chi connectivity index (χ0v) is 11.5. The molecule has 1 aromatic rings. The second-order valence-electron chi connectivity index (χ2n) is 5.53. The number of phenolic OH excluding ortho intramolecular Hbond substituents is 1. The Kier molecular flexibility index (Phi) is 3.80. The van der Waals surface area contributed by atoms with Crippen LogP contribution in [0.5, 0.6) is 5.75 Å². The minimum absolute atomic E-state index is 0.287. The summed E-state index contributed by atoms with van der Waals surface area (Å²) in [7, 11) is 0. The number of hydrogen-bond acceptors (Lipinski definition) is 3. The van der Waals surface area contributed by atoms with Gasteiger partial charge >= 0.3 is 5.97 Å². The van der Waals surface area contributed by atoms with Gasteiger partial charge in [0.05, 0.1) is 5.41 Å². The fraction of sp³-hybridized carbons (Fsp3) is 0.533. The highest BCUT2D eigenvalue weighted by Gasteiger charge is 2.43. The second-order valence-corrected chi connectivity index (χ2v) is 5.53. The van der Waals surface area contributed by atoms with Gasteiger partial charge in [-0.05, 0) is 32.4 Å². The molecular formula is C15H21NO3. The molecule has 1 unspecified atom stereocenters. The second kappa shape index (κ2) is 5.21. The van der Waals surface area contributed by atoms with Gasteiger partial charge in [-0.25, -0.2) is 0 Å². The fourth-order valence-electron chi connectivity index (χ4n) is 2.79. The molecule has 1 fully saturated rings. The number of aromatic hydroxyl groups is 1. The number of benzene rings is 1. The van der Waals surface area contributed by atoms with Crippen molar-refractivity contribution in [2.75, 3.05) is 13.1 Å². The molecule has 1 aliphatic rings. The summed E-state index contributed by atoms with van der Waals surface area (Å²) in [6, 6.07) is 5.53. The molecule has 0 aromatic heterocycles. The van der Waals surface area contributed by atoms with Gasteiger partial charge in [0, 0.05) is 18.7 Å². The monoisotopic (exact) mass is 263 g/mol. The molecule has 104 valence electrons. The first-order valence-corrected chi connectivity index (χ1v) is 6.71. The number of carboxylic acid groups (broad SMARTS) is 1. The Morgan fingerprint density at radius 3 is 2.79 bits per heavy atom. The number of likely N-dealkylation sites (tertiary alicyclic amines) is 1. The zero-order chi connectivity index (χ0) is 14.0. The largest absolute Gasteiger partial charge is 0.508 e. The van der Waals surface area contributed by atoms with Crippen LogP contribution in [0.4, 0.5) is 0 Å². The third-order valence-corrected chi connectivity index (χ3v) is 4.19. The lowest BCUT2D eigenvalue weighted by atomic mass is 9.84. The number of hydrogen-bond donors (Lipinski definition) is 2. The molecule has 4 heteroatoms. The lowest BCUT2D eigenvalue weighted by Gasteiger charge is -2.23. The first-order valence-electron chi connectivity index (χ1n) is 6.71. The van der Waals surface area contributed by atoms with E-state index in [0.29, 0.717) is 25.9 Å². The molecule has 0 amide bonds. The maximum Gasteiger partial charge on any atom is 0.310 e. The van der Waals surface area contributed by atoms with E-state index in [-0.39, 0.29) is 5.75 Å². The van der Waals surface area contributed by atoms with Crippen LogP contribution in [0.2, 0.25) is 0 Å². The van der Waals surface area contributed by atoms with Crippen LogP contribution in [0.15, 0.2) is 18.2 Å². The van der Waals surface area contributed by atoms with Crippen LogP contribution in [0.25, 0.3) is 0 Å². The molecule has 1 aromatic carbocycles. The van der Waals surface area contributed by atoms with E-state index in [0.717, 1.165) is 17.7 Å². The lowest BCUT2D eigenvalue weighted by Crippen LogP contribution is -2.33. The van der Waals surface area contributed by atoms with Crippen LogP contribution in [-0.4, -0.2) is 34.2 Å². The molecule has 0 aliphatic carbocycles. The summed E-state index contributed by atoms with van der Waals surface area (Å²) in [4.78, 5) is 13.5. The average Bonchev–Trinajstić information content (AvgIpc) is 2.79. The number of nitrogens with zero attached hydrogens (tertiary/aromatic N) is 1. The van der Waals surface area contributed by atoms with Crippen molar-refractivity contribution in [1.29, 1.82) is 0 Å². The summed E-state index contributed by atoms with van der Waals surface area (Å²) in [5, 5.41) is 19.2. The number of rotatable bonds is 4. The van der Waals surface area contributed by atoms with Crippen LogP contribution < -0.4 is 0 Å². The Morgan fingerprint density at radius 2 is 2.21 bits per heavy atom. The van der Waals surface area contributed by atoms with Gasteiger partial charge in [-0.3, -0.25) is 9.69 Å². The van der Waals surface area contributed by atoms with Gasteiger partial charge in [0.2, 0.25) is 0 Å². The van der Waals surface area contributed by atoms with Crippen LogP contribution >= 0.6 is 0 Å². The van der Waals surface area contributed by atoms with Gasteiger partial charge in [-0.2, -0.15) is 0 Å². The number of phenols is 1. The van der Waals surface area contributed by atoms with Gasteiger partial charge in [-0.1, -0.05) is 24.6 Å². The van der Waals surface area contributed by atoms with Crippen molar-refractivity contribution in [2.24, 2.45) is 5.41 Å². The van der Waals surface area contributed by atoms with E-state index >= 15 is 0 Å². The van der Waals surface area contributed by atoms with Gasteiger partial charge in [-0.15, -0.1) is 0 Å². The van der Waals surface area contributed by atoms with E-state index < -0.39 is 11.4 Å². The molecular weight excluding hydrogens is 242 g/mol. The van der Waals surface area contributed by atoms with E-state index in [1.165, 1.54) is 0 Å². The molecule has 1 aliphatic heterocycles. The topological polar surface area (TPSA) is 60.8 Å². The summed E-state index contributed by atoms with van der Waals surface area (Å²) in [5.74, 6) is -0.416. The van der Waals surface area contributed by atoms with E-state index in [1.807, 2.05) is 26.0 Å². The van der Waals surface area contributed by atoms with Crippen molar-refractivity contribution >= 4 is 5.97 Å². The van der Waals surface area contributed by atoms with Crippen LogP contribution in [-0.2, 0) is 11.3 Å². The fourth-order valence-corrected chi connectivity index (χ4v) is 2.79. The van der Waals surface area contributed by atoms with Crippen molar-refractivity contribution in [2.45, 2.75) is 33.2 Å². The standard InChI is InChI=1S/C15H21NO3/c1-3-15(14(18)19)6-7-16(10-15)9-12-8-11(2)4-5-13(12)17/h4-5,8,17H,3,6-7,9-10H2,1-2H3,(H,18,19). The van der Waals surface area contributed by atoms with E-state index in [4.69, 9.17) is 0 Å². The Bertz CT molecular complexity index is 486. The van der Waals surface area contributed by atoms with E-state index in [1.54, 1.807) is 6.07 Å². The third kappa shape index (κ3) is 2.73. The molecule has 19 heavy (non-hydrogen) atoms. The molecule has 1 heterocycles. The molecule has 0 saturated carbocycles. The molecule has 0 spiro atoms. The molecule has 0 bridgehead atoms. The lowest BCUT2D eigenvalue weighted by molar-refractivity contribution is -0.148. The van der Waals surface area contributed by atoms with E-state index in [2.05, 4.69) is 4.90 Å². The van der Waals surface area contributed by atoms with Gasteiger partial charge < -0.3 is 10.2 Å². The quantitative estimate of drug-likeness (QED) is 0.875. The summed E-state index contributed by atoms with van der Waals surface area (Å²) >= 11 is 0. The van der Waals surface area contributed by atoms with Crippen LogP contribution in [0.3, 0.4) is 0 Å². The zero-order valence-electron chi connectivity index (χ0n) is 11.5. The molecule has 2 rings (SSSR count). The van der Waals surface area contributed by atoms with E-state index in [9.17, 15) is 15.0 Å². The minimum Gasteiger partial charge on any atom is -0.508 e. The smallest absolute Gasteiger partial charge is 0.310 e. The molecule has 4 nitrogen and oxygen atoms in total. The van der Waals surface area contributed by atoms with Crippen LogP contribution in [0.1, 0.15) is 30.9 Å². The predicted molar refractivity (Wildman–Crippen MR) is 73.1 cm³/mol. The minimum atomic E-state index is -0.703. The van der Waals surface area contributed by atoms with Crippen molar-refractivity contribution in [3.05, 3.63) is 29.3 Å². The first-order chi connectivity index (χ1) is 8.97. The maximum absolute atomic E-state index is 11.4. The highest BCUT2D eigenvalue weighted by molar-refractivity contribution is 5.75. The molecule has 1 saturated heterocycles. The maximum atomic E-state index is 11.4. The number of aryl methyl sites for hydroxylation is 1. The van der Waals surface area contributed by atoms with Gasteiger partial charge in [0.1, 0.15) is 5.75 Å². The van der Waals surface area contributed by atoms with Crippen molar-refractivity contribution in [1.82, 2.24) is 4.90 Å². The van der Waals surface area contributed by atoms with Crippen molar-refractivity contribution in [3.8, 4) is 5.75 Å². The summed E-state index contributed by atoms with van der Waals surface area (Å²) in [6.07, 6.45) is 1.34. The van der Waals surface area contributed by atoms with Crippen LogP contribution in [0, 0.1) is 12.3 Å². The summed E-state index contributed by atoms with van der Waals surface area (Å²) in [5.41, 5.74) is 1.36. The van der Waals surface area contributed by atoms with Crippen molar-refractivity contribution < 1.29 is 15.0 Å². The average molecular weight is 263 g/mol. The molecule has 1 atom stereocenters. The van der Waals surface area contributed by atoms with Gasteiger partial charge in [0.25, 0.3) is 0 Å². The molecule has 2 N–H and O–H groups in total. The molecule has 0 radical (unpaired) electrons. The highest BCUT2D eigenvalue weighted by atomic mass is 16.4. The summed E-state index contributed by atoms with van der Waals surface area (Å²) < 4.78 is 0. The SMILES string of the molecule is CCC1(C(=O)O)CCN(Cc2cc(C)ccc2O)C1. The Labute approximate surface area is 113 Å². The number of aliphatic carboxylic acids is 1. The normalized spacial score (nSPS) is 23.7. The number of carbonyl (C=O) groups is 1. The summed E-state index contributed by atoms with van der Waals surface area (Å²) in [6.45, 7) is 5.87. The Morgan fingerprint density at radius 1 is 1.47 bits per heavy atom. The van der Waals surface area contributed by atoms with Crippen molar-refractivity contribution in [3.63, 3.8) is 0 Å². The highest BCUT2D eigenvalue weighted by Crippen LogP contribution is 2.35. The van der Waals surface area contributed by atoms with Gasteiger partial charge in [0.15, 0.2) is 0 Å². The predicted octanol–water partition coefficient (Wildman–Crippen LogP) is 2.39. The Balaban J connectivity index is 2.10. The third-order valence-electron chi connectivity index (χ3n) is 4.19. The Hall–Kier alpha value is -1.55.